The van der Waals surface area contributed by atoms with E-state index in [2.05, 4.69) is 55.5 Å². The zero-order chi connectivity index (χ0) is 28.5. The highest BCUT2D eigenvalue weighted by Crippen LogP contribution is 2.34. The smallest absolute Gasteiger partial charge is 0.317 e. The second-order valence-electron chi connectivity index (χ2n) is 11.4. The summed E-state index contributed by atoms with van der Waals surface area (Å²) in [5.74, 6) is 1.98. The fourth-order valence-electron chi connectivity index (χ4n) is 6.14. The normalized spacial score (nSPS) is 14.3. The summed E-state index contributed by atoms with van der Waals surface area (Å²) in [7, 11) is 0. The molecule has 3 aromatic heterocycles. The number of benzene rings is 2. The minimum absolute atomic E-state index is 0.167. The molecular formula is C31H36N8O2. The van der Waals surface area contributed by atoms with Crippen LogP contribution >= 0.6 is 0 Å². The third kappa shape index (κ3) is 5.03. The molecule has 0 saturated heterocycles. The number of nitrogens with one attached hydrogen (secondary N) is 1. The topological polar surface area (TPSA) is 116 Å². The van der Waals surface area contributed by atoms with Gasteiger partial charge < -0.3 is 4.57 Å². The molecule has 0 amide bonds. The lowest BCUT2D eigenvalue weighted by atomic mass is 9.88. The van der Waals surface area contributed by atoms with Gasteiger partial charge in [0.2, 0.25) is 0 Å². The number of imidazole rings is 1. The highest BCUT2D eigenvalue weighted by molar-refractivity contribution is 5.80. The number of aryl methyl sites for hydroxylation is 1. The molecule has 0 aliphatic heterocycles. The van der Waals surface area contributed by atoms with E-state index in [1.54, 1.807) is 4.57 Å². The molecule has 1 aliphatic rings. The van der Waals surface area contributed by atoms with Gasteiger partial charge in [0.05, 0.1) is 0 Å². The van der Waals surface area contributed by atoms with E-state index in [-0.39, 0.29) is 23.1 Å². The second-order valence-corrected chi connectivity index (χ2v) is 11.4. The van der Waals surface area contributed by atoms with Crippen LogP contribution in [0.1, 0.15) is 70.2 Å². The van der Waals surface area contributed by atoms with Gasteiger partial charge in [-0.1, -0.05) is 81.6 Å². The lowest BCUT2D eigenvalue weighted by Gasteiger charge is -2.22. The first-order chi connectivity index (χ1) is 20.0. The Morgan fingerprint density at radius 1 is 0.927 bits per heavy atom. The van der Waals surface area contributed by atoms with Crippen LogP contribution in [0.2, 0.25) is 0 Å². The van der Waals surface area contributed by atoms with Crippen LogP contribution in [-0.4, -0.2) is 39.3 Å². The second kappa shape index (κ2) is 11.3. The first-order valence-electron chi connectivity index (χ1n) is 14.6. The monoisotopic (exact) mass is 552 g/mol. The molecule has 10 heteroatoms. The third-order valence-electron chi connectivity index (χ3n) is 8.11. The fraction of sp³-hybridized carbons (Fsp3) is 0.419. The van der Waals surface area contributed by atoms with Crippen molar-refractivity contribution in [2.45, 2.75) is 78.4 Å². The molecule has 3 heterocycles. The van der Waals surface area contributed by atoms with Crippen molar-refractivity contribution in [3.8, 4) is 22.5 Å². The standard InChI is InChI=1S/C31H36N8O2/c1-4-37-29-26(30(40)39(31(37)41)18-20(2)3)38(28(32-29)23-10-6-5-7-11-23)19-21-14-16-22(17-15-21)24-12-8-9-13-25(24)27-33-35-36-34-27/h8-9,12-17,20,23H,4-7,10-11,18-19H2,1-3H3,(H,33,34,35,36). The molecule has 0 bridgehead atoms. The summed E-state index contributed by atoms with van der Waals surface area (Å²) >= 11 is 0. The lowest BCUT2D eigenvalue weighted by Crippen LogP contribution is -2.41. The number of hydrogen-bond donors (Lipinski definition) is 1. The van der Waals surface area contributed by atoms with Crippen molar-refractivity contribution in [2.75, 3.05) is 0 Å². The van der Waals surface area contributed by atoms with Gasteiger partial charge in [-0.25, -0.2) is 14.9 Å². The number of aromatic amines is 1. The SMILES string of the molecule is CCn1c(=O)n(CC(C)C)c(=O)c2c1nc(C1CCCCC1)n2Cc1ccc(-c2ccccc2-c2nnn[nH]2)cc1. The molecule has 1 N–H and O–H groups in total. The Balaban J connectivity index is 1.46. The van der Waals surface area contributed by atoms with E-state index in [9.17, 15) is 9.59 Å². The average molecular weight is 553 g/mol. The molecule has 0 spiro atoms. The van der Waals surface area contributed by atoms with Crippen molar-refractivity contribution in [3.63, 3.8) is 0 Å². The number of hydrogen-bond acceptors (Lipinski definition) is 6. The van der Waals surface area contributed by atoms with Crippen LogP contribution in [0.15, 0.2) is 58.1 Å². The summed E-state index contributed by atoms with van der Waals surface area (Å²) in [4.78, 5) is 32.3. The maximum atomic E-state index is 13.9. The molecular weight excluding hydrogens is 516 g/mol. The van der Waals surface area contributed by atoms with E-state index in [0.29, 0.717) is 36.6 Å². The number of rotatable bonds is 8. The maximum Gasteiger partial charge on any atom is 0.332 e. The minimum Gasteiger partial charge on any atom is -0.317 e. The summed E-state index contributed by atoms with van der Waals surface area (Å²) in [5.41, 5.74) is 4.57. The third-order valence-corrected chi connectivity index (χ3v) is 8.11. The van der Waals surface area contributed by atoms with Crippen molar-refractivity contribution >= 4 is 11.2 Å². The van der Waals surface area contributed by atoms with Crippen LogP contribution in [0.5, 0.6) is 0 Å². The Hall–Kier alpha value is -4.34. The van der Waals surface area contributed by atoms with Crippen molar-refractivity contribution in [2.24, 2.45) is 5.92 Å². The number of tetrazole rings is 1. The van der Waals surface area contributed by atoms with Gasteiger partial charge in [0, 0.05) is 31.1 Å². The van der Waals surface area contributed by atoms with Gasteiger partial charge in [0.1, 0.15) is 5.82 Å². The van der Waals surface area contributed by atoms with Crippen molar-refractivity contribution < 1.29 is 0 Å². The van der Waals surface area contributed by atoms with Crippen LogP contribution in [0.25, 0.3) is 33.7 Å². The molecule has 6 rings (SSSR count). The predicted octanol–water partition coefficient (Wildman–Crippen LogP) is 4.98. The van der Waals surface area contributed by atoms with Crippen LogP contribution in [0.4, 0.5) is 0 Å². The highest BCUT2D eigenvalue weighted by atomic mass is 16.2. The van der Waals surface area contributed by atoms with E-state index in [1.165, 1.54) is 11.0 Å². The Bertz CT molecular complexity index is 1770. The first-order valence-corrected chi connectivity index (χ1v) is 14.6. The van der Waals surface area contributed by atoms with Gasteiger partial charge in [0.25, 0.3) is 5.56 Å². The van der Waals surface area contributed by atoms with Gasteiger partial charge in [-0.2, -0.15) is 0 Å². The van der Waals surface area contributed by atoms with Gasteiger partial charge in [-0.3, -0.25) is 13.9 Å². The molecule has 0 unspecified atom stereocenters. The molecule has 2 aromatic carbocycles. The van der Waals surface area contributed by atoms with Gasteiger partial charge in [0.15, 0.2) is 17.0 Å². The minimum atomic E-state index is -0.275. The van der Waals surface area contributed by atoms with Crippen molar-refractivity contribution in [3.05, 3.63) is 80.8 Å². The summed E-state index contributed by atoms with van der Waals surface area (Å²) in [6.07, 6.45) is 5.63. The Labute approximate surface area is 238 Å². The van der Waals surface area contributed by atoms with E-state index in [0.717, 1.165) is 53.8 Å². The largest absolute Gasteiger partial charge is 0.332 e. The van der Waals surface area contributed by atoms with E-state index >= 15 is 0 Å². The van der Waals surface area contributed by atoms with E-state index in [4.69, 9.17) is 4.98 Å². The summed E-state index contributed by atoms with van der Waals surface area (Å²) in [5, 5.41) is 14.4. The van der Waals surface area contributed by atoms with E-state index in [1.807, 2.05) is 39.0 Å². The molecule has 5 aromatic rings. The quantitative estimate of drug-likeness (QED) is 0.290. The van der Waals surface area contributed by atoms with Gasteiger partial charge >= 0.3 is 5.69 Å². The van der Waals surface area contributed by atoms with Crippen molar-refractivity contribution in [1.29, 1.82) is 0 Å². The molecule has 1 saturated carbocycles. The molecule has 1 fully saturated rings. The van der Waals surface area contributed by atoms with Gasteiger partial charge in [-0.15, -0.1) is 5.10 Å². The number of nitrogens with zero attached hydrogens (tertiary/aromatic N) is 7. The zero-order valence-corrected chi connectivity index (χ0v) is 23.9. The highest BCUT2D eigenvalue weighted by Gasteiger charge is 2.27. The predicted molar refractivity (Wildman–Crippen MR) is 159 cm³/mol. The van der Waals surface area contributed by atoms with E-state index < -0.39 is 0 Å². The summed E-state index contributed by atoms with van der Waals surface area (Å²) in [6, 6.07) is 16.4. The zero-order valence-electron chi connectivity index (χ0n) is 23.9. The average Bonchev–Trinajstić information content (AvgIpc) is 3.66. The number of fused-ring (bicyclic) bond motifs is 1. The van der Waals surface area contributed by atoms with Crippen LogP contribution in [0, 0.1) is 5.92 Å². The number of H-pyrrole nitrogens is 1. The molecule has 0 atom stereocenters. The molecule has 0 radical (unpaired) electrons. The molecule has 212 valence electrons. The molecule has 1 aliphatic carbocycles. The van der Waals surface area contributed by atoms with Crippen molar-refractivity contribution in [1.82, 2.24) is 39.3 Å². The molecule has 10 nitrogen and oxygen atoms in total. The maximum absolute atomic E-state index is 13.9. The lowest BCUT2D eigenvalue weighted by molar-refractivity contribution is 0.419. The summed E-state index contributed by atoms with van der Waals surface area (Å²) < 4.78 is 5.16. The Morgan fingerprint density at radius 3 is 2.32 bits per heavy atom. The Morgan fingerprint density at radius 2 is 1.66 bits per heavy atom. The summed E-state index contributed by atoms with van der Waals surface area (Å²) in [6.45, 7) is 7.34. The molecule has 41 heavy (non-hydrogen) atoms. The van der Waals surface area contributed by atoms with Gasteiger partial charge in [-0.05, 0) is 52.8 Å². The number of aromatic nitrogens is 8. The fourth-order valence-corrected chi connectivity index (χ4v) is 6.14. The van der Waals surface area contributed by atoms with Crippen LogP contribution in [0.3, 0.4) is 0 Å². The first kappa shape index (κ1) is 26.9. The van der Waals surface area contributed by atoms with Crippen LogP contribution < -0.4 is 11.2 Å². The van der Waals surface area contributed by atoms with Crippen LogP contribution in [-0.2, 0) is 19.6 Å². The Kier molecular flexibility index (Phi) is 7.38.